The third kappa shape index (κ3) is 7.45. The maximum absolute atomic E-state index is 10.9. The Balaban J connectivity index is 2.55. The molecule has 2 heteroatoms. The first-order chi connectivity index (χ1) is 9.22. The molecular weight excluding hydrogens is 236 g/mol. The number of unbranched alkanes of at least 4 members (excludes halogenated alkanes) is 3. The van der Waals surface area contributed by atoms with Gasteiger partial charge in [-0.05, 0) is 30.4 Å². The summed E-state index contributed by atoms with van der Waals surface area (Å²) in [5.74, 6) is -0.215. The Kier molecular flexibility index (Phi) is 7.64. The summed E-state index contributed by atoms with van der Waals surface area (Å²) in [4.78, 5) is 10.9. The van der Waals surface area contributed by atoms with Gasteiger partial charge >= 0.3 is 5.97 Å². The van der Waals surface area contributed by atoms with E-state index >= 15 is 0 Å². The summed E-state index contributed by atoms with van der Waals surface area (Å²) in [5, 5.41) is 0. The zero-order chi connectivity index (χ0) is 13.9. The predicted molar refractivity (Wildman–Crippen MR) is 79.0 cm³/mol. The third-order valence-corrected chi connectivity index (χ3v) is 2.98. The summed E-state index contributed by atoms with van der Waals surface area (Å²) < 4.78 is 5.13. The van der Waals surface area contributed by atoms with Crippen LogP contribution in [0.5, 0.6) is 0 Å². The predicted octanol–water partition coefficient (Wildman–Crippen LogP) is 4.30. The van der Waals surface area contributed by atoms with Gasteiger partial charge in [-0.25, -0.2) is 0 Å². The molecule has 1 aromatic carbocycles. The minimum atomic E-state index is -0.215. The van der Waals surface area contributed by atoms with E-state index in [-0.39, 0.29) is 5.97 Å². The monoisotopic (exact) mass is 260 g/mol. The standard InChI is InChI=1S/C17H24O2/c1-3-4-5-7-12-17(14-19-15(2)18)13-16-10-8-6-9-11-16/h6,8-12H,3-5,7,13-14H2,1-2H3/b17-12+. The Bertz CT molecular complexity index is 393. The molecule has 1 rings (SSSR count). The minimum absolute atomic E-state index is 0.215. The topological polar surface area (TPSA) is 26.3 Å². The highest BCUT2D eigenvalue weighted by molar-refractivity contribution is 5.66. The lowest BCUT2D eigenvalue weighted by atomic mass is 10.0. The Morgan fingerprint density at radius 2 is 1.95 bits per heavy atom. The van der Waals surface area contributed by atoms with E-state index in [1.54, 1.807) is 0 Å². The van der Waals surface area contributed by atoms with Crippen molar-refractivity contribution in [2.45, 2.75) is 46.0 Å². The highest BCUT2D eigenvalue weighted by atomic mass is 16.5. The second-order valence-electron chi connectivity index (χ2n) is 4.80. The van der Waals surface area contributed by atoms with Crippen LogP contribution in [0.1, 0.15) is 45.1 Å². The summed E-state index contributed by atoms with van der Waals surface area (Å²) in [6.07, 6.45) is 7.84. The van der Waals surface area contributed by atoms with E-state index in [9.17, 15) is 4.79 Å². The maximum Gasteiger partial charge on any atom is 0.302 e. The number of carbonyl (C=O) groups is 1. The lowest BCUT2D eigenvalue weighted by Gasteiger charge is -2.08. The van der Waals surface area contributed by atoms with Crippen LogP contribution in [0.4, 0.5) is 0 Å². The van der Waals surface area contributed by atoms with E-state index in [1.165, 1.54) is 37.3 Å². The molecule has 0 amide bonds. The largest absolute Gasteiger partial charge is 0.461 e. The van der Waals surface area contributed by atoms with E-state index in [0.29, 0.717) is 6.61 Å². The number of ether oxygens (including phenoxy) is 1. The van der Waals surface area contributed by atoms with Gasteiger partial charge < -0.3 is 4.74 Å². The number of allylic oxidation sites excluding steroid dienone is 1. The summed E-state index contributed by atoms with van der Waals surface area (Å²) in [6.45, 7) is 4.07. The Labute approximate surface area is 116 Å². The van der Waals surface area contributed by atoms with Crippen LogP contribution in [-0.2, 0) is 16.0 Å². The fourth-order valence-electron chi connectivity index (χ4n) is 1.94. The van der Waals surface area contributed by atoms with Crippen LogP contribution in [0.25, 0.3) is 0 Å². The molecule has 0 unspecified atom stereocenters. The maximum atomic E-state index is 10.9. The molecule has 0 saturated carbocycles. The van der Waals surface area contributed by atoms with Crippen molar-refractivity contribution in [3.05, 3.63) is 47.5 Å². The van der Waals surface area contributed by atoms with Gasteiger partial charge in [0.1, 0.15) is 6.61 Å². The van der Waals surface area contributed by atoms with Crippen molar-refractivity contribution in [3.8, 4) is 0 Å². The van der Waals surface area contributed by atoms with Crippen molar-refractivity contribution in [1.82, 2.24) is 0 Å². The average molecular weight is 260 g/mol. The van der Waals surface area contributed by atoms with Gasteiger partial charge in [-0.15, -0.1) is 0 Å². The Hall–Kier alpha value is -1.57. The van der Waals surface area contributed by atoms with Crippen molar-refractivity contribution in [1.29, 1.82) is 0 Å². The smallest absolute Gasteiger partial charge is 0.302 e. The molecule has 2 nitrogen and oxygen atoms in total. The van der Waals surface area contributed by atoms with Crippen molar-refractivity contribution < 1.29 is 9.53 Å². The van der Waals surface area contributed by atoms with Crippen LogP contribution in [0, 0.1) is 0 Å². The first-order valence-corrected chi connectivity index (χ1v) is 7.07. The Morgan fingerprint density at radius 3 is 2.58 bits per heavy atom. The molecule has 0 aliphatic carbocycles. The van der Waals surface area contributed by atoms with Crippen molar-refractivity contribution in [2.75, 3.05) is 6.61 Å². The van der Waals surface area contributed by atoms with Crippen LogP contribution in [0.15, 0.2) is 42.0 Å². The first-order valence-electron chi connectivity index (χ1n) is 7.07. The lowest BCUT2D eigenvalue weighted by Crippen LogP contribution is -2.05. The molecule has 0 atom stereocenters. The van der Waals surface area contributed by atoms with Crippen molar-refractivity contribution >= 4 is 5.97 Å². The van der Waals surface area contributed by atoms with Crippen LogP contribution in [-0.4, -0.2) is 12.6 Å². The van der Waals surface area contributed by atoms with Crippen LogP contribution >= 0.6 is 0 Å². The first kappa shape index (κ1) is 15.5. The average Bonchev–Trinajstić information content (AvgIpc) is 2.41. The molecule has 0 aliphatic heterocycles. The van der Waals surface area contributed by atoms with Crippen LogP contribution in [0.2, 0.25) is 0 Å². The van der Waals surface area contributed by atoms with Crippen molar-refractivity contribution in [2.24, 2.45) is 0 Å². The van der Waals surface area contributed by atoms with E-state index in [4.69, 9.17) is 4.74 Å². The highest BCUT2D eigenvalue weighted by Gasteiger charge is 2.02. The molecule has 1 aromatic rings. The van der Waals surface area contributed by atoms with E-state index in [1.807, 2.05) is 18.2 Å². The molecule has 0 fully saturated rings. The quantitative estimate of drug-likeness (QED) is 0.396. The molecule has 0 saturated heterocycles. The number of carbonyl (C=O) groups excluding carboxylic acids is 1. The van der Waals surface area contributed by atoms with Gasteiger partial charge in [-0.1, -0.05) is 56.2 Å². The molecule has 0 radical (unpaired) electrons. The number of rotatable bonds is 8. The molecule has 19 heavy (non-hydrogen) atoms. The third-order valence-electron chi connectivity index (χ3n) is 2.98. The SMILES string of the molecule is CCCCC/C=C(/COC(C)=O)Cc1ccccc1. The fourth-order valence-corrected chi connectivity index (χ4v) is 1.94. The zero-order valence-corrected chi connectivity index (χ0v) is 12.0. The van der Waals surface area contributed by atoms with Gasteiger partial charge in [0.15, 0.2) is 0 Å². The number of hydrogen-bond donors (Lipinski definition) is 0. The minimum Gasteiger partial charge on any atom is -0.461 e. The van der Waals surface area contributed by atoms with Gasteiger partial charge in [0, 0.05) is 6.92 Å². The lowest BCUT2D eigenvalue weighted by molar-refractivity contribution is -0.140. The number of hydrogen-bond acceptors (Lipinski definition) is 2. The van der Waals surface area contributed by atoms with Gasteiger partial charge in [0.25, 0.3) is 0 Å². The van der Waals surface area contributed by atoms with Gasteiger partial charge in [-0.3, -0.25) is 4.79 Å². The van der Waals surface area contributed by atoms with Crippen LogP contribution < -0.4 is 0 Å². The van der Waals surface area contributed by atoms with E-state index in [0.717, 1.165) is 12.8 Å². The second-order valence-corrected chi connectivity index (χ2v) is 4.80. The van der Waals surface area contributed by atoms with E-state index < -0.39 is 0 Å². The zero-order valence-electron chi connectivity index (χ0n) is 12.0. The highest BCUT2D eigenvalue weighted by Crippen LogP contribution is 2.11. The fraction of sp³-hybridized carbons (Fsp3) is 0.471. The van der Waals surface area contributed by atoms with Crippen LogP contribution in [0.3, 0.4) is 0 Å². The second kappa shape index (κ2) is 9.37. The molecule has 0 spiro atoms. The van der Waals surface area contributed by atoms with Gasteiger partial charge in [-0.2, -0.15) is 0 Å². The van der Waals surface area contributed by atoms with Gasteiger partial charge in [0.05, 0.1) is 0 Å². The molecule has 0 bridgehead atoms. The summed E-state index contributed by atoms with van der Waals surface area (Å²) in [5.41, 5.74) is 2.45. The summed E-state index contributed by atoms with van der Waals surface area (Å²) in [7, 11) is 0. The van der Waals surface area contributed by atoms with Gasteiger partial charge in [0.2, 0.25) is 0 Å². The molecule has 104 valence electrons. The molecule has 0 aromatic heterocycles. The number of esters is 1. The molecule has 0 heterocycles. The normalized spacial score (nSPS) is 11.4. The van der Waals surface area contributed by atoms with Crippen molar-refractivity contribution in [3.63, 3.8) is 0 Å². The molecule has 0 aliphatic rings. The Morgan fingerprint density at radius 1 is 1.21 bits per heavy atom. The molecular formula is C17H24O2. The summed E-state index contributed by atoms with van der Waals surface area (Å²) >= 11 is 0. The summed E-state index contributed by atoms with van der Waals surface area (Å²) in [6, 6.07) is 10.3. The number of benzene rings is 1. The molecule has 0 N–H and O–H groups in total. The van der Waals surface area contributed by atoms with E-state index in [2.05, 4.69) is 25.1 Å².